The summed E-state index contributed by atoms with van der Waals surface area (Å²) in [5.41, 5.74) is 2.23. The van der Waals surface area contributed by atoms with Crippen LogP contribution >= 0.6 is 0 Å². The van der Waals surface area contributed by atoms with Crippen LogP contribution in [0.25, 0.3) is 11.4 Å². The Kier molecular flexibility index (Phi) is 5.37. The third kappa shape index (κ3) is 3.54. The van der Waals surface area contributed by atoms with Crippen molar-refractivity contribution in [1.29, 1.82) is 0 Å². The Morgan fingerprint density at radius 1 is 1.14 bits per heavy atom. The quantitative estimate of drug-likeness (QED) is 0.751. The Bertz CT molecular complexity index is 698. The molecule has 3 aromatic rings. The normalized spacial score (nSPS) is 11.1. The maximum absolute atomic E-state index is 8.36. The van der Waals surface area contributed by atoms with Gasteiger partial charge < -0.3 is 9.67 Å². The minimum Gasteiger partial charge on any atom is -0.483 e. The first-order chi connectivity index (χ1) is 10.8. The predicted octanol–water partition coefficient (Wildman–Crippen LogP) is 2.65. The van der Waals surface area contributed by atoms with Crippen LogP contribution in [0.15, 0.2) is 61.4 Å². The molecule has 1 unspecified atom stereocenters. The summed E-state index contributed by atoms with van der Waals surface area (Å²) >= 11 is 0. The topological polar surface area (TPSA) is 80.9 Å². The van der Waals surface area contributed by atoms with E-state index in [-0.39, 0.29) is 12.5 Å². The van der Waals surface area contributed by atoms with Gasteiger partial charge in [0.25, 0.3) is 6.47 Å². The molecule has 0 bridgehead atoms. The highest BCUT2D eigenvalue weighted by Crippen LogP contribution is 2.24. The monoisotopic (exact) mass is 296 g/mol. The van der Waals surface area contributed by atoms with E-state index in [2.05, 4.69) is 32.5 Å². The number of rotatable bonds is 3. The zero-order chi connectivity index (χ0) is 15.8. The van der Waals surface area contributed by atoms with Crippen molar-refractivity contribution in [2.24, 2.45) is 0 Å². The third-order valence-corrected chi connectivity index (χ3v) is 3.19. The second-order valence-electron chi connectivity index (χ2n) is 4.46. The molecule has 0 aromatic carbocycles. The first-order valence-electron chi connectivity index (χ1n) is 6.69. The van der Waals surface area contributed by atoms with Crippen LogP contribution in [0.5, 0.6) is 0 Å². The Labute approximate surface area is 128 Å². The molecular weight excluding hydrogens is 280 g/mol. The van der Waals surface area contributed by atoms with E-state index in [1.54, 1.807) is 18.6 Å². The Morgan fingerprint density at radius 3 is 2.50 bits per heavy atom. The smallest absolute Gasteiger partial charge is 0.290 e. The van der Waals surface area contributed by atoms with Crippen molar-refractivity contribution in [2.75, 3.05) is 0 Å². The Morgan fingerprint density at radius 2 is 1.86 bits per heavy atom. The van der Waals surface area contributed by atoms with Gasteiger partial charge in [0.1, 0.15) is 5.82 Å². The number of carboxylic acid groups (broad SMARTS) is 1. The van der Waals surface area contributed by atoms with E-state index in [0.29, 0.717) is 0 Å². The highest BCUT2D eigenvalue weighted by atomic mass is 16.3. The molecule has 0 amide bonds. The van der Waals surface area contributed by atoms with Crippen LogP contribution in [0.2, 0.25) is 0 Å². The van der Waals surface area contributed by atoms with Crippen molar-refractivity contribution in [1.82, 2.24) is 19.5 Å². The van der Waals surface area contributed by atoms with Crippen molar-refractivity contribution in [3.63, 3.8) is 0 Å². The summed E-state index contributed by atoms with van der Waals surface area (Å²) in [4.78, 5) is 21.0. The number of nitrogens with zero attached hydrogens (tertiary/aromatic N) is 4. The van der Waals surface area contributed by atoms with Crippen LogP contribution in [0.3, 0.4) is 0 Å². The fourth-order valence-corrected chi connectivity index (χ4v) is 2.13. The van der Waals surface area contributed by atoms with Crippen molar-refractivity contribution < 1.29 is 9.90 Å². The van der Waals surface area contributed by atoms with E-state index in [1.807, 2.05) is 36.8 Å². The largest absolute Gasteiger partial charge is 0.483 e. The van der Waals surface area contributed by atoms with Crippen LogP contribution < -0.4 is 0 Å². The summed E-state index contributed by atoms with van der Waals surface area (Å²) < 4.78 is 2.15. The fourth-order valence-electron chi connectivity index (χ4n) is 2.13. The maximum atomic E-state index is 8.36. The SMILES string of the molecule is CC(c1cccnc1)n1ccnc1-c1ccncc1.O=CO. The van der Waals surface area contributed by atoms with E-state index in [9.17, 15) is 0 Å². The Balaban J connectivity index is 0.000000545. The second kappa shape index (κ2) is 7.68. The third-order valence-electron chi connectivity index (χ3n) is 3.19. The lowest BCUT2D eigenvalue weighted by molar-refractivity contribution is -0.122. The molecule has 0 aliphatic carbocycles. The molecule has 6 nitrogen and oxygen atoms in total. The number of pyridine rings is 2. The first-order valence-corrected chi connectivity index (χ1v) is 6.69. The minimum atomic E-state index is -0.250. The summed E-state index contributed by atoms with van der Waals surface area (Å²) in [6.45, 7) is 1.89. The van der Waals surface area contributed by atoms with Gasteiger partial charge in [0.2, 0.25) is 0 Å². The Hall–Kier alpha value is -3.02. The molecule has 0 spiro atoms. The average Bonchev–Trinajstić information content (AvgIpc) is 3.06. The number of carbonyl (C=O) groups is 1. The highest BCUT2D eigenvalue weighted by molar-refractivity contribution is 5.54. The van der Waals surface area contributed by atoms with Gasteiger partial charge in [0.05, 0.1) is 6.04 Å². The maximum Gasteiger partial charge on any atom is 0.290 e. The fraction of sp³-hybridized carbons (Fsp3) is 0.125. The summed E-state index contributed by atoms with van der Waals surface area (Å²) in [5.74, 6) is 0.943. The van der Waals surface area contributed by atoms with E-state index >= 15 is 0 Å². The van der Waals surface area contributed by atoms with Crippen molar-refractivity contribution in [3.05, 3.63) is 67.0 Å². The molecule has 3 rings (SSSR count). The number of aromatic nitrogens is 4. The van der Waals surface area contributed by atoms with Gasteiger partial charge in [0, 0.05) is 42.7 Å². The van der Waals surface area contributed by atoms with E-state index in [1.165, 1.54) is 0 Å². The molecule has 22 heavy (non-hydrogen) atoms. The number of imidazole rings is 1. The number of hydrogen-bond donors (Lipinski definition) is 1. The van der Waals surface area contributed by atoms with Crippen LogP contribution in [0, 0.1) is 0 Å². The molecule has 0 radical (unpaired) electrons. The van der Waals surface area contributed by atoms with E-state index < -0.39 is 0 Å². The highest BCUT2D eigenvalue weighted by Gasteiger charge is 2.13. The molecule has 3 aromatic heterocycles. The van der Waals surface area contributed by atoms with Gasteiger partial charge in [-0.15, -0.1) is 0 Å². The standard InChI is InChI=1S/C15H14N4.CH2O2/c1-12(14-3-2-6-17-11-14)19-10-9-18-15(19)13-4-7-16-8-5-13;2-1-3/h2-12H,1H3;1H,(H,2,3). The minimum absolute atomic E-state index is 0.194. The second-order valence-corrected chi connectivity index (χ2v) is 4.46. The van der Waals surface area contributed by atoms with Crippen molar-refractivity contribution in [2.45, 2.75) is 13.0 Å². The van der Waals surface area contributed by atoms with Crippen molar-refractivity contribution >= 4 is 6.47 Å². The zero-order valence-electron chi connectivity index (χ0n) is 12.1. The summed E-state index contributed by atoms with van der Waals surface area (Å²) in [7, 11) is 0. The number of hydrogen-bond acceptors (Lipinski definition) is 4. The van der Waals surface area contributed by atoms with Crippen LogP contribution in [0.1, 0.15) is 18.5 Å². The van der Waals surface area contributed by atoms with Gasteiger partial charge in [-0.25, -0.2) is 4.98 Å². The van der Waals surface area contributed by atoms with Crippen LogP contribution in [-0.2, 0) is 4.79 Å². The molecule has 1 atom stereocenters. The molecule has 112 valence electrons. The molecule has 0 fully saturated rings. The first kappa shape index (κ1) is 15.4. The van der Waals surface area contributed by atoms with Gasteiger partial charge in [-0.1, -0.05) is 6.07 Å². The van der Waals surface area contributed by atoms with Crippen LogP contribution in [0.4, 0.5) is 0 Å². The average molecular weight is 296 g/mol. The molecule has 3 heterocycles. The molecule has 1 N–H and O–H groups in total. The van der Waals surface area contributed by atoms with Gasteiger partial charge in [-0.2, -0.15) is 0 Å². The predicted molar refractivity (Wildman–Crippen MR) is 82.2 cm³/mol. The van der Waals surface area contributed by atoms with E-state index in [4.69, 9.17) is 9.90 Å². The molecule has 0 saturated carbocycles. The van der Waals surface area contributed by atoms with Gasteiger partial charge >= 0.3 is 0 Å². The van der Waals surface area contributed by atoms with Gasteiger partial charge in [-0.05, 0) is 30.7 Å². The molecule has 0 saturated heterocycles. The summed E-state index contributed by atoms with van der Waals surface area (Å²) in [6.07, 6.45) is 11.1. The van der Waals surface area contributed by atoms with Crippen LogP contribution in [-0.4, -0.2) is 31.1 Å². The molecular formula is C16H16N4O2. The summed E-state index contributed by atoms with van der Waals surface area (Å²) in [6, 6.07) is 8.16. The van der Waals surface area contributed by atoms with Gasteiger partial charge in [-0.3, -0.25) is 14.8 Å². The van der Waals surface area contributed by atoms with Crippen molar-refractivity contribution in [3.8, 4) is 11.4 Å². The molecule has 6 heteroatoms. The lowest BCUT2D eigenvalue weighted by Crippen LogP contribution is -2.07. The molecule has 0 aliphatic heterocycles. The van der Waals surface area contributed by atoms with Gasteiger partial charge in [0.15, 0.2) is 0 Å². The van der Waals surface area contributed by atoms with E-state index in [0.717, 1.165) is 17.0 Å². The summed E-state index contributed by atoms with van der Waals surface area (Å²) in [5, 5.41) is 6.89. The zero-order valence-corrected chi connectivity index (χ0v) is 12.1. The molecule has 0 aliphatic rings. The lowest BCUT2D eigenvalue weighted by atomic mass is 10.1. The lowest BCUT2D eigenvalue weighted by Gasteiger charge is -2.16.